The number of allylic oxidation sites excluding steroid dienone is 1. The molecule has 8 heteroatoms. The summed E-state index contributed by atoms with van der Waals surface area (Å²) in [6, 6.07) is 17.0. The summed E-state index contributed by atoms with van der Waals surface area (Å²) in [7, 11) is 1.45. The van der Waals surface area contributed by atoms with Crippen LogP contribution in [0.2, 0.25) is 0 Å². The van der Waals surface area contributed by atoms with Gasteiger partial charge in [-0.3, -0.25) is 9.59 Å². The summed E-state index contributed by atoms with van der Waals surface area (Å²) < 4.78 is 49.4. The standard InChI is InChI=1S/C27H22F3NO4/c1-34-24-14-17(13-19-11-10-18-5-2-3-8-22(18)26(19)33)9-12-23(24)35-16-25(32)31-21-7-4-6-20(15-21)27(28,29)30/h2-9,12-15H,10-11,16H2,1H3,(H,31,32)/b19-13+. The van der Waals surface area contributed by atoms with Crippen LogP contribution in [0, 0.1) is 0 Å². The molecule has 1 aliphatic rings. The van der Waals surface area contributed by atoms with E-state index in [9.17, 15) is 22.8 Å². The summed E-state index contributed by atoms with van der Waals surface area (Å²) >= 11 is 0. The molecule has 1 N–H and O–H groups in total. The third kappa shape index (κ3) is 5.71. The Morgan fingerprint density at radius 1 is 1.00 bits per heavy atom. The minimum absolute atomic E-state index is 0.00240. The number of benzene rings is 3. The Hall–Kier alpha value is -4.07. The van der Waals surface area contributed by atoms with Gasteiger partial charge in [-0.15, -0.1) is 0 Å². The second-order valence-electron chi connectivity index (χ2n) is 7.98. The lowest BCUT2D eigenvalue weighted by molar-refractivity contribution is -0.137. The Bertz CT molecular complexity index is 1300. The van der Waals surface area contributed by atoms with Gasteiger partial charge in [0.25, 0.3) is 5.91 Å². The van der Waals surface area contributed by atoms with Crippen molar-refractivity contribution >= 4 is 23.5 Å². The quantitative estimate of drug-likeness (QED) is 0.443. The number of Topliss-reactive ketones (excluding diaryl/α,β-unsaturated/α-hetero) is 1. The van der Waals surface area contributed by atoms with Crippen molar-refractivity contribution in [2.24, 2.45) is 0 Å². The van der Waals surface area contributed by atoms with Crippen LogP contribution >= 0.6 is 0 Å². The van der Waals surface area contributed by atoms with Crippen LogP contribution in [-0.2, 0) is 17.4 Å². The number of carbonyl (C=O) groups is 2. The number of carbonyl (C=O) groups excluding carboxylic acids is 2. The van der Waals surface area contributed by atoms with Crippen molar-refractivity contribution in [3.63, 3.8) is 0 Å². The Morgan fingerprint density at radius 2 is 1.80 bits per heavy atom. The van der Waals surface area contributed by atoms with Gasteiger partial charge in [-0.25, -0.2) is 0 Å². The molecule has 1 amide bonds. The highest BCUT2D eigenvalue weighted by Crippen LogP contribution is 2.32. The molecule has 35 heavy (non-hydrogen) atoms. The maximum Gasteiger partial charge on any atom is 0.416 e. The summed E-state index contributed by atoms with van der Waals surface area (Å²) in [5.41, 5.74) is 2.34. The summed E-state index contributed by atoms with van der Waals surface area (Å²) in [5.74, 6) is 0.0190. The molecule has 0 radical (unpaired) electrons. The molecule has 0 spiro atoms. The van der Waals surface area contributed by atoms with E-state index in [0.717, 1.165) is 29.7 Å². The fraction of sp³-hybridized carbons (Fsp3) is 0.185. The fourth-order valence-electron chi connectivity index (χ4n) is 3.86. The predicted molar refractivity (Wildman–Crippen MR) is 126 cm³/mol. The van der Waals surface area contributed by atoms with E-state index in [-0.39, 0.29) is 17.2 Å². The van der Waals surface area contributed by atoms with Crippen LogP contribution in [0.3, 0.4) is 0 Å². The number of fused-ring (bicyclic) bond motifs is 1. The molecule has 0 saturated heterocycles. The lowest BCUT2D eigenvalue weighted by Gasteiger charge is -2.17. The third-order valence-electron chi connectivity index (χ3n) is 5.58. The molecule has 0 atom stereocenters. The summed E-state index contributed by atoms with van der Waals surface area (Å²) in [4.78, 5) is 25.0. The van der Waals surface area contributed by atoms with Crippen LogP contribution < -0.4 is 14.8 Å². The zero-order chi connectivity index (χ0) is 25.0. The number of aryl methyl sites for hydroxylation is 1. The minimum atomic E-state index is -4.51. The van der Waals surface area contributed by atoms with Crippen molar-refractivity contribution < 1.29 is 32.2 Å². The number of nitrogens with one attached hydrogen (secondary N) is 1. The van der Waals surface area contributed by atoms with E-state index in [1.165, 1.54) is 19.2 Å². The van der Waals surface area contributed by atoms with Gasteiger partial charge in [-0.1, -0.05) is 36.4 Å². The average Bonchev–Trinajstić information content (AvgIpc) is 2.84. The van der Waals surface area contributed by atoms with Crippen molar-refractivity contribution in [2.75, 3.05) is 19.0 Å². The zero-order valence-electron chi connectivity index (χ0n) is 18.8. The largest absolute Gasteiger partial charge is 0.493 e. The normalized spacial score (nSPS) is 14.4. The molecule has 0 bridgehead atoms. The molecule has 1 aliphatic carbocycles. The monoisotopic (exact) mass is 481 g/mol. The van der Waals surface area contributed by atoms with Crippen LogP contribution in [0.1, 0.15) is 33.5 Å². The van der Waals surface area contributed by atoms with E-state index in [1.54, 1.807) is 18.2 Å². The third-order valence-corrected chi connectivity index (χ3v) is 5.58. The molecule has 5 nitrogen and oxygen atoms in total. The molecule has 180 valence electrons. The van der Waals surface area contributed by atoms with E-state index in [4.69, 9.17) is 9.47 Å². The van der Waals surface area contributed by atoms with Gasteiger partial charge in [0.15, 0.2) is 23.9 Å². The smallest absolute Gasteiger partial charge is 0.416 e. The first kappa shape index (κ1) is 24.1. The van der Waals surface area contributed by atoms with Crippen LogP contribution in [0.15, 0.2) is 72.3 Å². The molecule has 0 aromatic heterocycles. The maximum absolute atomic E-state index is 12.9. The summed E-state index contributed by atoms with van der Waals surface area (Å²) in [5, 5.41) is 2.39. The highest BCUT2D eigenvalue weighted by molar-refractivity contribution is 6.13. The van der Waals surface area contributed by atoms with Crippen LogP contribution in [0.5, 0.6) is 11.5 Å². The Labute approximate surface area is 200 Å². The number of rotatable bonds is 6. The van der Waals surface area contributed by atoms with Gasteiger partial charge in [-0.2, -0.15) is 13.2 Å². The number of hydrogen-bond donors (Lipinski definition) is 1. The summed E-state index contributed by atoms with van der Waals surface area (Å²) in [6.45, 7) is -0.428. The minimum Gasteiger partial charge on any atom is -0.493 e. The van der Waals surface area contributed by atoms with Gasteiger partial charge in [0.1, 0.15) is 0 Å². The topological polar surface area (TPSA) is 64.6 Å². The molecule has 0 aliphatic heterocycles. The number of ether oxygens (including phenoxy) is 2. The Kier molecular flexibility index (Phi) is 6.91. The molecule has 3 aromatic rings. The van der Waals surface area contributed by atoms with Gasteiger partial charge in [-0.05, 0) is 60.4 Å². The first-order chi connectivity index (χ1) is 16.7. The van der Waals surface area contributed by atoms with E-state index < -0.39 is 24.3 Å². The maximum atomic E-state index is 12.9. The molecular formula is C27H22F3NO4. The molecule has 4 rings (SSSR count). The van der Waals surface area contributed by atoms with Crippen LogP contribution in [-0.4, -0.2) is 25.4 Å². The van der Waals surface area contributed by atoms with Crippen molar-refractivity contribution in [1.82, 2.24) is 0 Å². The molecular weight excluding hydrogens is 459 g/mol. The van der Waals surface area contributed by atoms with Crippen molar-refractivity contribution in [3.8, 4) is 11.5 Å². The first-order valence-corrected chi connectivity index (χ1v) is 10.9. The Morgan fingerprint density at radius 3 is 2.57 bits per heavy atom. The number of anilines is 1. The van der Waals surface area contributed by atoms with E-state index in [2.05, 4.69) is 5.32 Å². The van der Waals surface area contributed by atoms with Gasteiger partial charge < -0.3 is 14.8 Å². The van der Waals surface area contributed by atoms with Gasteiger partial charge >= 0.3 is 6.18 Å². The van der Waals surface area contributed by atoms with Crippen molar-refractivity contribution in [2.45, 2.75) is 19.0 Å². The second-order valence-corrected chi connectivity index (χ2v) is 7.98. The number of halogens is 3. The summed E-state index contributed by atoms with van der Waals surface area (Å²) in [6.07, 6.45) is -1.28. The first-order valence-electron chi connectivity index (χ1n) is 10.9. The Balaban J connectivity index is 1.42. The molecule has 3 aromatic carbocycles. The second kappa shape index (κ2) is 10.0. The van der Waals surface area contributed by atoms with Crippen molar-refractivity contribution in [1.29, 1.82) is 0 Å². The van der Waals surface area contributed by atoms with E-state index >= 15 is 0 Å². The van der Waals surface area contributed by atoms with E-state index in [0.29, 0.717) is 23.3 Å². The molecule has 0 fully saturated rings. The lowest BCUT2D eigenvalue weighted by atomic mass is 9.86. The number of ketones is 1. The SMILES string of the molecule is COc1cc(/C=C2\CCc3ccccc3C2=O)ccc1OCC(=O)Nc1cccc(C(F)(F)F)c1. The van der Waals surface area contributed by atoms with Crippen LogP contribution in [0.25, 0.3) is 6.08 Å². The average molecular weight is 481 g/mol. The highest BCUT2D eigenvalue weighted by Gasteiger charge is 2.30. The van der Waals surface area contributed by atoms with E-state index in [1.807, 2.05) is 30.3 Å². The van der Waals surface area contributed by atoms with Gasteiger partial charge in [0, 0.05) is 16.8 Å². The number of alkyl halides is 3. The number of hydrogen-bond acceptors (Lipinski definition) is 4. The molecule has 0 unspecified atom stereocenters. The van der Waals surface area contributed by atoms with Crippen molar-refractivity contribution in [3.05, 3.63) is 94.6 Å². The number of methoxy groups -OCH3 is 1. The van der Waals surface area contributed by atoms with Crippen LogP contribution in [0.4, 0.5) is 18.9 Å². The molecule has 0 saturated carbocycles. The highest BCUT2D eigenvalue weighted by atomic mass is 19.4. The zero-order valence-corrected chi connectivity index (χ0v) is 18.8. The number of amides is 1. The predicted octanol–water partition coefficient (Wildman–Crippen LogP) is 5.94. The van der Waals surface area contributed by atoms with Gasteiger partial charge in [0.2, 0.25) is 0 Å². The van der Waals surface area contributed by atoms with Gasteiger partial charge in [0.05, 0.1) is 12.7 Å². The lowest BCUT2D eigenvalue weighted by Crippen LogP contribution is -2.20. The molecule has 0 heterocycles. The fourth-order valence-corrected chi connectivity index (χ4v) is 3.86.